The Morgan fingerprint density at radius 1 is 1.28 bits per heavy atom. The number of rotatable bonds is 3. The van der Waals surface area contributed by atoms with Gasteiger partial charge in [0.2, 0.25) is 11.8 Å². The molecule has 1 aliphatic carbocycles. The molecule has 1 saturated heterocycles. The molecule has 1 saturated carbocycles. The quantitative estimate of drug-likeness (QED) is 0.779. The lowest BCUT2D eigenvalue weighted by Crippen LogP contribution is -2.41. The standard InChI is InChI=1S/C14H23NO3/c1-14(2)8-12(17)15(13(14)18)9-11(16)10-6-4-3-5-7-10/h10-11,16H,3-9H2,1-2H3. The molecule has 0 bridgehead atoms. The highest BCUT2D eigenvalue weighted by Gasteiger charge is 2.45. The summed E-state index contributed by atoms with van der Waals surface area (Å²) >= 11 is 0. The van der Waals surface area contributed by atoms with Gasteiger partial charge in [0.25, 0.3) is 0 Å². The smallest absolute Gasteiger partial charge is 0.235 e. The van der Waals surface area contributed by atoms with Crippen LogP contribution in [-0.2, 0) is 9.59 Å². The summed E-state index contributed by atoms with van der Waals surface area (Å²) in [5.41, 5.74) is -0.594. The van der Waals surface area contributed by atoms with Crippen molar-refractivity contribution in [3.8, 4) is 0 Å². The highest BCUT2D eigenvalue weighted by Crippen LogP contribution is 2.33. The Morgan fingerprint density at radius 2 is 1.89 bits per heavy atom. The van der Waals surface area contributed by atoms with Gasteiger partial charge in [-0.25, -0.2) is 0 Å². The van der Waals surface area contributed by atoms with Crippen molar-refractivity contribution in [3.63, 3.8) is 0 Å². The number of nitrogens with zero attached hydrogens (tertiary/aromatic N) is 1. The van der Waals surface area contributed by atoms with Crippen molar-refractivity contribution in [2.75, 3.05) is 6.54 Å². The minimum absolute atomic E-state index is 0.137. The van der Waals surface area contributed by atoms with E-state index in [1.165, 1.54) is 11.3 Å². The summed E-state index contributed by atoms with van der Waals surface area (Å²) < 4.78 is 0. The molecule has 4 nitrogen and oxygen atoms in total. The summed E-state index contributed by atoms with van der Waals surface area (Å²) in [4.78, 5) is 25.1. The number of amides is 2. The van der Waals surface area contributed by atoms with Crippen LogP contribution in [0.15, 0.2) is 0 Å². The van der Waals surface area contributed by atoms with Crippen molar-refractivity contribution >= 4 is 11.8 Å². The highest BCUT2D eigenvalue weighted by molar-refractivity contribution is 6.05. The number of β-amino-alcohol motifs (C(OH)–C–C–N with tert-alkyl or cyclic N) is 1. The first kappa shape index (κ1) is 13.5. The molecule has 1 unspecified atom stereocenters. The second-order valence-electron chi connectivity index (χ2n) is 6.34. The molecule has 0 aromatic rings. The van der Waals surface area contributed by atoms with Gasteiger partial charge in [0.15, 0.2) is 0 Å². The molecule has 1 atom stereocenters. The van der Waals surface area contributed by atoms with E-state index in [1.54, 1.807) is 13.8 Å². The van der Waals surface area contributed by atoms with Gasteiger partial charge in [0.1, 0.15) is 0 Å². The number of aliphatic hydroxyl groups excluding tert-OH is 1. The molecule has 4 heteroatoms. The van der Waals surface area contributed by atoms with Crippen molar-refractivity contribution in [3.05, 3.63) is 0 Å². The Kier molecular flexibility index (Phi) is 3.76. The number of aliphatic hydroxyl groups is 1. The van der Waals surface area contributed by atoms with Crippen LogP contribution in [0.1, 0.15) is 52.4 Å². The maximum atomic E-state index is 12.0. The second-order valence-corrected chi connectivity index (χ2v) is 6.34. The van der Waals surface area contributed by atoms with Crippen LogP contribution in [0.5, 0.6) is 0 Å². The maximum absolute atomic E-state index is 12.0. The largest absolute Gasteiger partial charge is 0.391 e. The van der Waals surface area contributed by atoms with Crippen molar-refractivity contribution in [1.82, 2.24) is 4.90 Å². The first-order chi connectivity index (χ1) is 8.42. The maximum Gasteiger partial charge on any atom is 0.235 e. The number of hydrogen-bond donors (Lipinski definition) is 1. The molecule has 2 fully saturated rings. The summed E-state index contributed by atoms with van der Waals surface area (Å²) in [5.74, 6) is -0.0229. The van der Waals surface area contributed by atoms with Gasteiger partial charge >= 0.3 is 0 Å². The van der Waals surface area contributed by atoms with Gasteiger partial charge in [-0.3, -0.25) is 14.5 Å². The molecule has 102 valence electrons. The van der Waals surface area contributed by atoms with E-state index in [0.29, 0.717) is 0 Å². The van der Waals surface area contributed by atoms with Crippen LogP contribution in [0, 0.1) is 11.3 Å². The van der Waals surface area contributed by atoms with Crippen LogP contribution >= 0.6 is 0 Å². The Balaban J connectivity index is 1.96. The van der Waals surface area contributed by atoms with Gasteiger partial charge in [-0.1, -0.05) is 33.1 Å². The van der Waals surface area contributed by atoms with Gasteiger partial charge in [-0.05, 0) is 18.8 Å². The third-order valence-electron chi connectivity index (χ3n) is 4.28. The van der Waals surface area contributed by atoms with E-state index < -0.39 is 11.5 Å². The molecular weight excluding hydrogens is 230 g/mol. The monoisotopic (exact) mass is 253 g/mol. The SMILES string of the molecule is CC1(C)CC(=O)N(CC(O)C2CCCCC2)C1=O. The lowest BCUT2D eigenvalue weighted by atomic mass is 9.85. The molecule has 2 aliphatic rings. The zero-order valence-corrected chi connectivity index (χ0v) is 11.3. The van der Waals surface area contributed by atoms with Gasteiger partial charge in [0, 0.05) is 6.42 Å². The Labute approximate surface area is 108 Å². The summed E-state index contributed by atoms with van der Waals surface area (Å²) in [5, 5.41) is 10.2. The molecule has 0 aromatic carbocycles. The average Bonchev–Trinajstić information content (AvgIpc) is 2.52. The molecular formula is C14H23NO3. The summed E-state index contributed by atoms with van der Waals surface area (Å²) in [6.07, 6.45) is 5.28. The molecule has 1 N–H and O–H groups in total. The van der Waals surface area contributed by atoms with Crippen LogP contribution in [-0.4, -0.2) is 34.5 Å². The third kappa shape index (κ3) is 2.58. The van der Waals surface area contributed by atoms with E-state index in [-0.39, 0.29) is 30.7 Å². The fourth-order valence-electron chi connectivity index (χ4n) is 3.07. The first-order valence-corrected chi connectivity index (χ1v) is 6.95. The van der Waals surface area contributed by atoms with E-state index in [4.69, 9.17) is 0 Å². The van der Waals surface area contributed by atoms with E-state index in [2.05, 4.69) is 0 Å². The van der Waals surface area contributed by atoms with Gasteiger partial charge in [-0.2, -0.15) is 0 Å². The highest BCUT2D eigenvalue weighted by atomic mass is 16.3. The van der Waals surface area contributed by atoms with Crippen molar-refractivity contribution < 1.29 is 14.7 Å². The molecule has 0 spiro atoms. The normalized spacial score (nSPS) is 26.7. The van der Waals surface area contributed by atoms with Crippen LogP contribution in [0.4, 0.5) is 0 Å². The first-order valence-electron chi connectivity index (χ1n) is 6.95. The molecule has 2 rings (SSSR count). The second kappa shape index (κ2) is 5.00. The Bertz CT molecular complexity index is 345. The third-order valence-corrected chi connectivity index (χ3v) is 4.28. The van der Waals surface area contributed by atoms with Crippen LogP contribution in [0.25, 0.3) is 0 Å². The lowest BCUT2D eigenvalue weighted by molar-refractivity contribution is -0.143. The molecule has 2 amide bonds. The van der Waals surface area contributed by atoms with Crippen molar-refractivity contribution in [1.29, 1.82) is 0 Å². The number of imide groups is 1. The molecule has 18 heavy (non-hydrogen) atoms. The minimum Gasteiger partial charge on any atom is -0.391 e. The van der Waals surface area contributed by atoms with Crippen LogP contribution < -0.4 is 0 Å². The Morgan fingerprint density at radius 3 is 2.39 bits per heavy atom. The summed E-state index contributed by atoms with van der Waals surface area (Å²) in [7, 11) is 0. The Hall–Kier alpha value is -0.900. The average molecular weight is 253 g/mol. The summed E-state index contributed by atoms with van der Waals surface area (Å²) in [6.45, 7) is 3.77. The van der Waals surface area contributed by atoms with Gasteiger partial charge in [-0.15, -0.1) is 0 Å². The zero-order chi connectivity index (χ0) is 13.3. The van der Waals surface area contributed by atoms with Gasteiger partial charge in [0.05, 0.1) is 18.1 Å². The van der Waals surface area contributed by atoms with Crippen molar-refractivity contribution in [2.45, 2.75) is 58.5 Å². The number of carbonyl (C=O) groups excluding carboxylic acids is 2. The van der Waals surface area contributed by atoms with E-state index in [0.717, 1.165) is 25.7 Å². The minimum atomic E-state index is -0.594. The molecule has 0 aromatic heterocycles. The number of hydrogen-bond acceptors (Lipinski definition) is 3. The molecule has 1 heterocycles. The van der Waals surface area contributed by atoms with Crippen LogP contribution in [0.2, 0.25) is 0 Å². The fraction of sp³-hybridized carbons (Fsp3) is 0.857. The van der Waals surface area contributed by atoms with E-state index in [1.807, 2.05) is 0 Å². The van der Waals surface area contributed by atoms with Gasteiger partial charge < -0.3 is 5.11 Å². The topological polar surface area (TPSA) is 57.6 Å². The number of likely N-dealkylation sites (tertiary alicyclic amines) is 1. The summed E-state index contributed by atoms with van der Waals surface area (Å²) in [6, 6.07) is 0. The number of carbonyl (C=O) groups is 2. The molecule has 1 aliphatic heterocycles. The van der Waals surface area contributed by atoms with E-state index >= 15 is 0 Å². The molecule has 0 radical (unpaired) electrons. The fourth-order valence-corrected chi connectivity index (χ4v) is 3.07. The van der Waals surface area contributed by atoms with E-state index in [9.17, 15) is 14.7 Å². The predicted octanol–water partition coefficient (Wildman–Crippen LogP) is 1.71. The lowest BCUT2D eigenvalue weighted by Gasteiger charge is -2.29. The van der Waals surface area contributed by atoms with Crippen molar-refractivity contribution in [2.24, 2.45) is 11.3 Å². The zero-order valence-electron chi connectivity index (χ0n) is 11.3. The predicted molar refractivity (Wildman–Crippen MR) is 67.7 cm³/mol. The van der Waals surface area contributed by atoms with Crippen LogP contribution in [0.3, 0.4) is 0 Å².